The SMILES string of the molecule is CCOC(=O)CCNC(=O)C1CCCNC1.Cl. The van der Waals surface area contributed by atoms with Crippen molar-refractivity contribution < 1.29 is 14.3 Å². The van der Waals surface area contributed by atoms with Gasteiger partial charge in [0.2, 0.25) is 5.91 Å². The number of rotatable bonds is 5. The third-order valence-electron chi connectivity index (χ3n) is 2.60. The molecule has 1 saturated heterocycles. The summed E-state index contributed by atoms with van der Waals surface area (Å²) >= 11 is 0. The van der Waals surface area contributed by atoms with Crippen molar-refractivity contribution in [2.45, 2.75) is 26.2 Å². The summed E-state index contributed by atoms with van der Waals surface area (Å²) in [5.41, 5.74) is 0. The average molecular weight is 265 g/mol. The normalized spacial score (nSPS) is 19.0. The minimum atomic E-state index is -0.260. The van der Waals surface area contributed by atoms with E-state index in [-0.39, 0.29) is 36.6 Å². The van der Waals surface area contributed by atoms with Gasteiger partial charge in [-0.25, -0.2) is 0 Å². The van der Waals surface area contributed by atoms with Crippen LogP contribution in [-0.4, -0.2) is 38.1 Å². The molecule has 17 heavy (non-hydrogen) atoms. The number of piperidine rings is 1. The molecule has 0 aromatic rings. The summed E-state index contributed by atoms with van der Waals surface area (Å²) in [5, 5.41) is 5.94. The molecule has 2 N–H and O–H groups in total. The van der Waals surface area contributed by atoms with E-state index in [9.17, 15) is 9.59 Å². The first-order valence-corrected chi connectivity index (χ1v) is 5.88. The number of halogens is 1. The van der Waals surface area contributed by atoms with Gasteiger partial charge in [-0.3, -0.25) is 9.59 Å². The van der Waals surface area contributed by atoms with Crippen molar-refractivity contribution in [3.63, 3.8) is 0 Å². The number of carbonyl (C=O) groups is 2. The Hall–Kier alpha value is -0.810. The zero-order valence-corrected chi connectivity index (χ0v) is 11.0. The molecule has 1 aliphatic heterocycles. The van der Waals surface area contributed by atoms with Gasteiger partial charge in [-0.05, 0) is 26.3 Å². The monoisotopic (exact) mass is 264 g/mol. The number of nitrogens with one attached hydrogen (secondary N) is 2. The zero-order valence-electron chi connectivity index (χ0n) is 10.2. The van der Waals surface area contributed by atoms with Crippen molar-refractivity contribution in [3.8, 4) is 0 Å². The lowest BCUT2D eigenvalue weighted by Crippen LogP contribution is -2.41. The Kier molecular flexibility index (Phi) is 8.80. The van der Waals surface area contributed by atoms with Crippen LogP contribution in [0.2, 0.25) is 0 Å². The van der Waals surface area contributed by atoms with E-state index >= 15 is 0 Å². The summed E-state index contributed by atoms with van der Waals surface area (Å²) in [6.07, 6.45) is 2.22. The summed E-state index contributed by atoms with van der Waals surface area (Å²) in [4.78, 5) is 22.6. The number of hydrogen-bond acceptors (Lipinski definition) is 4. The van der Waals surface area contributed by atoms with Gasteiger partial charge in [-0.2, -0.15) is 0 Å². The first-order chi connectivity index (χ1) is 7.74. The number of esters is 1. The van der Waals surface area contributed by atoms with E-state index in [4.69, 9.17) is 4.74 Å². The van der Waals surface area contributed by atoms with Crippen LogP contribution in [-0.2, 0) is 14.3 Å². The van der Waals surface area contributed by atoms with Crippen LogP contribution >= 0.6 is 12.4 Å². The fourth-order valence-electron chi connectivity index (χ4n) is 1.74. The first kappa shape index (κ1) is 16.2. The molecule has 1 rings (SSSR count). The predicted molar refractivity (Wildman–Crippen MR) is 67.1 cm³/mol. The lowest BCUT2D eigenvalue weighted by molar-refractivity contribution is -0.143. The highest BCUT2D eigenvalue weighted by atomic mass is 35.5. The molecule has 0 aromatic carbocycles. The Morgan fingerprint density at radius 3 is 2.82 bits per heavy atom. The van der Waals surface area contributed by atoms with Crippen molar-refractivity contribution in [2.24, 2.45) is 5.92 Å². The second-order valence-corrected chi connectivity index (χ2v) is 3.89. The molecule has 0 radical (unpaired) electrons. The Labute approximate surface area is 108 Å². The Balaban J connectivity index is 0.00000256. The number of amides is 1. The molecule has 6 heteroatoms. The second kappa shape index (κ2) is 9.24. The minimum absolute atomic E-state index is 0. The molecule has 100 valence electrons. The molecule has 5 nitrogen and oxygen atoms in total. The quantitative estimate of drug-likeness (QED) is 0.709. The standard InChI is InChI=1S/C11H20N2O3.ClH/c1-2-16-10(14)5-7-13-11(15)9-4-3-6-12-8-9;/h9,12H,2-8H2,1H3,(H,13,15);1H. The molecule has 1 fully saturated rings. The van der Waals surface area contributed by atoms with Crippen LogP contribution in [0, 0.1) is 5.92 Å². The fourth-order valence-corrected chi connectivity index (χ4v) is 1.74. The van der Waals surface area contributed by atoms with Gasteiger partial charge in [0.05, 0.1) is 18.9 Å². The van der Waals surface area contributed by atoms with Crippen LogP contribution in [0.25, 0.3) is 0 Å². The van der Waals surface area contributed by atoms with Crippen LogP contribution in [0.1, 0.15) is 26.2 Å². The van der Waals surface area contributed by atoms with Crippen molar-refractivity contribution in [1.82, 2.24) is 10.6 Å². The lowest BCUT2D eigenvalue weighted by atomic mass is 9.99. The van der Waals surface area contributed by atoms with Crippen LogP contribution in [0.4, 0.5) is 0 Å². The summed E-state index contributed by atoms with van der Waals surface area (Å²) in [5.74, 6) is -0.169. The second-order valence-electron chi connectivity index (χ2n) is 3.89. The third-order valence-corrected chi connectivity index (χ3v) is 2.60. The van der Waals surface area contributed by atoms with Gasteiger partial charge in [-0.1, -0.05) is 0 Å². The van der Waals surface area contributed by atoms with E-state index in [1.54, 1.807) is 6.92 Å². The molecule has 0 spiro atoms. The van der Waals surface area contributed by atoms with Crippen LogP contribution in [0.5, 0.6) is 0 Å². The Morgan fingerprint density at radius 1 is 1.47 bits per heavy atom. The molecular weight excluding hydrogens is 244 g/mol. The van der Waals surface area contributed by atoms with E-state index in [0.717, 1.165) is 25.9 Å². The van der Waals surface area contributed by atoms with E-state index < -0.39 is 0 Å². The van der Waals surface area contributed by atoms with Crippen molar-refractivity contribution in [2.75, 3.05) is 26.2 Å². The average Bonchev–Trinajstić information content (AvgIpc) is 2.30. The molecule has 0 aromatic heterocycles. The molecular formula is C11H21ClN2O3. The lowest BCUT2D eigenvalue weighted by Gasteiger charge is -2.21. The van der Waals surface area contributed by atoms with Crippen molar-refractivity contribution >= 4 is 24.3 Å². The smallest absolute Gasteiger partial charge is 0.307 e. The maximum Gasteiger partial charge on any atom is 0.307 e. The highest BCUT2D eigenvalue weighted by Crippen LogP contribution is 2.09. The number of ether oxygens (including phenoxy) is 1. The molecule has 1 atom stereocenters. The largest absolute Gasteiger partial charge is 0.466 e. The van der Waals surface area contributed by atoms with Crippen LogP contribution in [0.15, 0.2) is 0 Å². The Bertz CT molecular complexity index is 243. The van der Waals surface area contributed by atoms with E-state index in [1.807, 2.05) is 0 Å². The summed E-state index contributed by atoms with van der Waals surface area (Å²) < 4.78 is 4.77. The topological polar surface area (TPSA) is 67.4 Å². The van der Waals surface area contributed by atoms with Gasteiger partial charge in [0, 0.05) is 13.1 Å². The van der Waals surface area contributed by atoms with Crippen LogP contribution in [0.3, 0.4) is 0 Å². The maximum absolute atomic E-state index is 11.6. The predicted octanol–water partition coefficient (Wildman–Crippen LogP) is 0.477. The van der Waals surface area contributed by atoms with Crippen molar-refractivity contribution in [3.05, 3.63) is 0 Å². The molecule has 1 aliphatic rings. The highest BCUT2D eigenvalue weighted by molar-refractivity contribution is 5.85. The molecule has 0 aliphatic carbocycles. The summed E-state index contributed by atoms with van der Waals surface area (Å²) in [6, 6.07) is 0. The summed E-state index contributed by atoms with van der Waals surface area (Å²) in [7, 11) is 0. The highest BCUT2D eigenvalue weighted by Gasteiger charge is 2.20. The van der Waals surface area contributed by atoms with Gasteiger partial charge < -0.3 is 15.4 Å². The molecule has 1 unspecified atom stereocenters. The first-order valence-electron chi connectivity index (χ1n) is 5.88. The van der Waals surface area contributed by atoms with E-state index in [0.29, 0.717) is 13.2 Å². The summed E-state index contributed by atoms with van der Waals surface area (Å²) in [6.45, 7) is 4.26. The minimum Gasteiger partial charge on any atom is -0.466 e. The fraction of sp³-hybridized carbons (Fsp3) is 0.818. The molecule has 0 bridgehead atoms. The number of hydrogen-bond donors (Lipinski definition) is 2. The van der Waals surface area contributed by atoms with Crippen LogP contribution < -0.4 is 10.6 Å². The van der Waals surface area contributed by atoms with E-state index in [2.05, 4.69) is 10.6 Å². The molecule has 1 amide bonds. The van der Waals surface area contributed by atoms with Crippen molar-refractivity contribution in [1.29, 1.82) is 0 Å². The van der Waals surface area contributed by atoms with Gasteiger partial charge >= 0.3 is 5.97 Å². The van der Waals surface area contributed by atoms with Gasteiger partial charge in [0.25, 0.3) is 0 Å². The van der Waals surface area contributed by atoms with Gasteiger partial charge in [0.1, 0.15) is 0 Å². The van der Waals surface area contributed by atoms with Gasteiger partial charge in [0.15, 0.2) is 0 Å². The maximum atomic E-state index is 11.6. The zero-order chi connectivity index (χ0) is 11.8. The number of carbonyl (C=O) groups excluding carboxylic acids is 2. The Morgan fingerprint density at radius 2 is 2.24 bits per heavy atom. The van der Waals surface area contributed by atoms with E-state index in [1.165, 1.54) is 0 Å². The third kappa shape index (κ3) is 6.48. The van der Waals surface area contributed by atoms with Gasteiger partial charge in [-0.15, -0.1) is 12.4 Å². The molecule has 1 heterocycles. The molecule has 0 saturated carbocycles.